The van der Waals surface area contributed by atoms with Gasteiger partial charge in [-0.05, 0) is 29.8 Å². The normalized spacial score (nSPS) is 11.4. The molecule has 0 spiro atoms. The molecular weight excluding hydrogens is 382 g/mol. The highest BCUT2D eigenvalue weighted by molar-refractivity contribution is 7.89. The Balaban J connectivity index is 2.13. The van der Waals surface area contributed by atoms with Gasteiger partial charge in [-0.1, -0.05) is 30.3 Å². The number of hydrogen-bond donors (Lipinski definition) is 3. The van der Waals surface area contributed by atoms with E-state index in [-0.39, 0.29) is 27.4 Å². The van der Waals surface area contributed by atoms with Crippen LogP contribution in [0.25, 0.3) is 11.1 Å². The summed E-state index contributed by atoms with van der Waals surface area (Å²) in [4.78, 5) is 14.4. The SMILES string of the molecule is N#Cc1c(O)[nH]c(=O)c(N=Nc2ccc(S(N)(=O)=O)cc2)c1-c1ccccc1. The van der Waals surface area contributed by atoms with Crippen LogP contribution in [0.15, 0.2) is 74.5 Å². The van der Waals surface area contributed by atoms with Crippen LogP contribution < -0.4 is 10.7 Å². The Labute approximate surface area is 159 Å². The standard InChI is InChI=1S/C18H13N5O4S/c19-10-14-15(11-4-2-1-3-5-11)16(18(25)21-17(14)24)23-22-12-6-8-13(9-7-12)28(20,26)27/h1-9H,(H2,20,26,27)(H2,21,24,25). The molecule has 4 N–H and O–H groups in total. The van der Waals surface area contributed by atoms with Gasteiger partial charge in [-0.2, -0.15) is 10.4 Å². The molecule has 0 radical (unpaired) electrons. The van der Waals surface area contributed by atoms with Crippen molar-refractivity contribution in [2.75, 3.05) is 0 Å². The van der Waals surface area contributed by atoms with Crippen LogP contribution in [0.4, 0.5) is 11.4 Å². The van der Waals surface area contributed by atoms with E-state index in [1.807, 2.05) is 6.07 Å². The van der Waals surface area contributed by atoms with E-state index < -0.39 is 21.5 Å². The van der Waals surface area contributed by atoms with E-state index in [9.17, 15) is 23.6 Å². The highest BCUT2D eigenvalue weighted by Crippen LogP contribution is 2.34. The lowest BCUT2D eigenvalue weighted by molar-refractivity contribution is 0.450. The maximum Gasteiger partial charge on any atom is 0.279 e. The minimum absolute atomic E-state index is 0.0920. The van der Waals surface area contributed by atoms with Crippen molar-refractivity contribution in [3.05, 3.63) is 70.5 Å². The van der Waals surface area contributed by atoms with Gasteiger partial charge in [0.1, 0.15) is 11.6 Å². The molecule has 3 aromatic rings. The van der Waals surface area contributed by atoms with E-state index in [1.165, 1.54) is 24.3 Å². The molecule has 0 saturated heterocycles. The Morgan fingerprint density at radius 1 is 1.04 bits per heavy atom. The molecule has 1 heterocycles. The van der Waals surface area contributed by atoms with E-state index in [4.69, 9.17) is 5.14 Å². The number of aromatic amines is 1. The number of hydrogen-bond acceptors (Lipinski definition) is 7. The van der Waals surface area contributed by atoms with Crippen molar-refractivity contribution in [3.63, 3.8) is 0 Å². The number of sulfonamides is 1. The molecule has 0 aliphatic carbocycles. The molecule has 0 fully saturated rings. The van der Waals surface area contributed by atoms with Gasteiger partial charge in [0.2, 0.25) is 15.9 Å². The maximum absolute atomic E-state index is 12.3. The number of nitrogens with one attached hydrogen (secondary N) is 1. The van der Waals surface area contributed by atoms with Crippen LogP contribution >= 0.6 is 0 Å². The molecule has 0 amide bonds. The summed E-state index contributed by atoms with van der Waals surface area (Å²) in [5.74, 6) is -0.567. The van der Waals surface area contributed by atoms with Crippen LogP contribution in [0.3, 0.4) is 0 Å². The minimum Gasteiger partial charge on any atom is -0.494 e. The molecule has 3 rings (SSSR count). The molecule has 140 valence electrons. The zero-order chi connectivity index (χ0) is 20.3. The summed E-state index contributed by atoms with van der Waals surface area (Å²) >= 11 is 0. The van der Waals surface area contributed by atoms with Crippen molar-refractivity contribution >= 4 is 21.4 Å². The van der Waals surface area contributed by atoms with Crippen molar-refractivity contribution in [1.29, 1.82) is 5.26 Å². The van der Waals surface area contributed by atoms with Crippen LogP contribution in [0.2, 0.25) is 0 Å². The van der Waals surface area contributed by atoms with Crippen molar-refractivity contribution in [2.45, 2.75) is 4.90 Å². The molecule has 2 aromatic carbocycles. The summed E-state index contributed by atoms with van der Waals surface area (Å²) in [7, 11) is -3.84. The van der Waals surface area contributed by atoms with Crippen molar-refractivity contribution in [3.8, 4) is 23.1 Å². The number of nitriles is 1. The Bertz CT molecular complexity index is 1260. The number of benzene rings is 2. The van der Waals surface area contributed by atoms with Crippen molar-refractivity contribution < 1.29 is 13.5 Å². The molecule has 0 saturated carbocycles. The van der Waals surface area contributed by atoms with Gasteiger partial charge in [0.15, 0.2) is 5.69 Å². The predicted molar refractivity (Wildman–Crippen MR) is 101 cm³/mol. The van der Waals surface area contributed by atoms with Gasteiger partial charge in [-0.25, -0.2) is 13.6 Å². The van der Waals surface area contributed by atoms with Gasteiger partial charge in [-0.3, -0.25) is 9.78 Å². The fraction of sp³-hybridized carbons (Fsp3) is 0. The Morgan fingerprint density at radius 2 is 1.68 bits per heavy atom. The number of H-pyrrole nitrogens is 1. The van der Waals surface area contributed by atoms with Crippen molar-refractivity contribution in [2.24, 2.45) is 15.4 Å². The molecular formula is C18H13N5O4S. The second-order valence-electron chi connectivity index (χ2n) is 5.62. The monoisotopic (exact) mass is 395 g/mol. The Kier molecular flexibility index (Phi) is 5.04. The molecule has 0 bridgehead atoms. The molecule has 1 aromatic heterocycles. The third-order valence-corrected chi connectivity index (χ3v) is 4.70. The molecule has 0 unspecified atom stereocenters. The largest absolute Gasteiger partial charge is 0.494 e. The summed E-state index contributed by atoms with van der Waals surface area (Å²) in [5, 5.41) is 32.2. The number of nitrogens with zero attached hydrogens (tertiary/aromatic N) is 3. The highest BCUT2D eigenvalue weighted by atomic mass is 32.2. The van der Waals surface area contributed by atoms with Crippen LogP contribution in [-0.2, 0) is 10.0 Å². The van der Waals surface area contributed by atoms with E-state index >= 15 is 0 Å². The first-order chi connectivity index (χ1) is 13.3. The predicted octanol–water partition coefficient (Wildman–Crippen LogP) is 2.68. The van der Waals surface area contributed by atoms with E-state index in [2.05, 4.69) is 15.2 Å². The third kappa shape index (κ3) is 3.80. The lowest BCUT2D eigenvalue weighted by Crippen LogP contribution is -2.11. The van der Waals surface area contributed by atoms with Gasteiger partial charge in [0.05, 0.1) is 10.6 Å². The molecule has 0 aliphatic heterocycles. The van der Waals surface area contributed by atoms with Gasteiger partial charge < -0.3 is 5.11 Å². The number of aromatic nitrogens is 1. The minimum atomic E-state index is -3.84. The average molecular weight is 395 g/mol. The molecule has 9 nitrogen and oxygen atoms in total. The average Bonchev–Trinajstić information content (AvgIpc) is 2.67. The highest BCUT2D eigenvalue weighted by Gasteiger charge is 2.19. The second-order valence-corrected chi connectivity index (χ2v) is 7.18. The number of aromatic hydroxyl groups is 1. The second kappa shape index (κ2) is 7.43. The zero-order valence-electron chi connectivity index (χ0n) is 14.2. The summed E-state index contributed by atoms with van der Waals surface area (Å²) < 4.78 is 22.6. The first-order valence-electron chi connectivity index (χ1n) is 7.80. The number of nitrogens with two attached hydrogens (primary N) is 1. The van der Waals surface area contributed by atoms with E-state index in [0.29, 0.717) is 5.56 Å². The topological polar surface area (TPSA) is 162 Å². The zero-order valence-corrected chi connectivity index (χ0v) is 15.0. The van der Waals surface area contributed by atoms with Crippen LogP contribution in [-0.4, -0.2) is 18.5 Å². The Morgan fingerprint density at radius 3 is 2.25 bits per heavy atom. The van der Waals surface area contributed by atoms with Gasteiger partial charge in [-0.15, -0.1) is 5.11 Å². The van der Waals surface area contributed by atoms with Gasteiger partial charge >= 0.3 is 0 Å². The summed E-state index contributed by atoms with van der Waals surface area (Å²) in [6.45, 7) is 0. The molecule has 0 atom stereocenters. The first kappa shape index (κ1) is 19.0. The fourth-order valence-corrected chi connectivity index (χ4v) is 3.00. The Hall–Kier alpha value is -3.81. The lowest BCUT2D eigenvalue weighted by atomic mass is 10.00. The first-order valence-corrected chi connectivity index (χ1v) is 9.35. The lowest BCUT2D eigenvalue weighted by Gasteiger charge is -2.08. The van der Waals surface area contributed by atoms with Crippen LogP contribution in [0.1, 0.15) is 5.56 Å². The van der Waals surface area contributed by atoms with Gasteiger partial charge in [0, 0.05) is 5.56 Å². The maximum atomic E-state index is 12.3. The number of primary sulfonamides is 1. The van der Waals surface area contributed by atoms with Crippen LogP contribution in [0, 0.1) is 11.3 Å². The smallest absolute Gasteiger partial charge is 0.279 e. The number of pyridine rings is 1. The number of rotatable bonds is 4. The number of azo groups is 1. The molecule has 10 heteroatoms. The molecule has 28 heavy (non-hydrogen) atoms. The van der Waals surface area contributed by atoms with Crippen molar-refractivity contribution in [1.82, 2.24) is 4.98 Å². The summed E-state index contributed by atoms with van der Waals surface area (Å²) in [6.07, 6.45) is 0. The van der Waals surface area contributed by atoms with E-state index in [0.717, 1.165) is 0 Å². The molecule has 0 aliphatic rings. The third-order valence-electron chi connectivity index (χ3n) is 3.78. The quantitative estimate of drug-likeness (QED) is 0.578. The van der Waals surface area contributed by atoms with Crippen LogP contribution in [0.5, 0.6) is 5.88 Å². The summed E-state index contributed by atoms with van der Waals surface area (Å²) in [6, 6.07) is 15.6. The fourth-order valence-electron chi connectivity index (χ4n) is 2.48. The summed E-state index contributed by atoms with van der Waals surface area (Å²) in [5.41, 5.74) is -0.161. The van der Waals surface area contributed by atoms with E-state index in [1.54, 1.807) is 30.3 Å². The van der Waals surface area contributed by atoms with Gasteiger partial charge in [0.25, 0.3) is 5.56 Å².